The quantitative estimate of drug-likeness (QED) is 0.863. The van der Waals surface area contributed by atoms with Crippen molar-refractivity contribution in [3.05, 3.63) is 28.2 Å². The normalized spacial score (nSPS) is 24.1. The van der Waals surface area contributed by atoms with Gasteiger partial charge in [-0.1, -0.05) is 29.8 Å². The fraction of sp³-hybridized carbons (Fsp3) is 0.500. The maximum atomic E-state index is 12.3. The monoisotopic (exact) mass is 368 g/mol. The van der Waals surface area contributed by atoms with Crippen molar-refractivity contribution in [2.24, 2.45) is 11.7 Å². The number of rotatable bonds is 2. The Morgan fingerprint density at radius 2 is 2.09 bits per heavy atom. The van der Waals surface area contributed by atoms with Gasteiger partial charge >= 0.3 is 6.09 Å². The minimum atomic E-state index is -0.807. The number of carbonyl (C=O) groups excluding carboxylic acids is 2. The summed E-state index contributed by atoms with van der Waals surface area (Å²) in [6, 6.07) is 5.62. The lowest BCUT2D eigenvalue weighted by atomic mass is 9.76. The largest absolute Gasteiger partial charge is 0.441 e. The van der Waals surface area contributed by atoms with Crippen molar-refractivity contribution in [2.45, 2.75) is 45.8 Å². The molecule has 0 saturated heterocycles. The first kappa shape index (κ1) is 16.8. The number of nitrogens with two attached hydrogens (primary N) is 1. The van der Waals surface area contributed by atoms with E-state index in [-0.39, 0.29) is 11.8 Å². The van der Waals surface area contributed by atoms with E-state index in [0.717, 1.165) is 15.7 Å². The molecule has 2 N–H and O–H groups in total. The molecule has 2 amide bonds. The third kappa shape index (κ3) is 2.84. The lowest BCUT2D eigenvalue weighted by Crippen LogP contribution is -2.56. The molecule has 1 aromatic rings. The number of amides is 2. The van der Waals surface area contributed by atoms with Gasteiger partial charge in [0, 0.05) is 23.4 Å². The van der Waals surface area contributed by atoms with E-state index in [2.05, 4.69) is 29.8 Å². The molecular weight excluding hydrogens is 348 g/mol. The number of hydrogen-bond donors (Lipinski definition) is 1. The second-order valence-corrected chi connectivity index (χ2v) is 7.11. The molecule has 2 rings (SSSR count). The molecule has 0 spiro atoms. The summed E-state index contributed by atoms with van der Waals surface area (Å²) < 4.78 is 6.19. The lowest BCUT2D eigenvalue weighted by Gasteiger charge is -2.50. The molecule has 1 aromatic carbocycles. The van der Waals surface area contributed by atoms with Crippen molar-refractivity contribution in [3.63, 3.8) is 0 Å². The van der Waals surface area contributed by atoms with Gasteiger partial charge in [-0.2, -0.15) is 0 Å². The molecule has 0 aliphatic carbocycles. The smallest absolute Gasteiger partial charge is 0.405 e. The standard InChI is InChI=1S/C16H21BrN2O3/c1-9(2)16(4)8-14(22-15(18)21)12-7-11(17)5-6-13(12)19(16)10(3)20/h5-7,9,14H,8H2,1-4H3,(H2,18,21)/t14-,16+/m1/s1. The summed E-state index contributed by atoms with van der Waals surface area (Å²) in [5.74, 6) is 0.157. The third-order valence-corrected chi connectivity index (χ3v) is 5.00. The van der Waals surface area contributed by atoms with Crippen LogP contribution in [0.15, 0.2) is 22.7 Å². The van der Waals surface area contributed by atoms with Crippen LogP contribution in [-0.2, 0) is 9.53 Å². The Kier molecular flexibility index (Phi) is 4.52. The predicted octanol–water partition coefficient (Wildman–Crippen LogP) is 3.76. The minimum Gasteiger partial charge on any atom is -0.441 e. The van der Waals surface area contributed by atoms with E-state index >= 15 is 0 Å². The first-order chi connectivity index (χ1) is 10.2. The third-order valence-electron chi connectivity index (χ3n) is 4.50. The van der Waals surface area contributed by atoms with Gasteiger partial charge in [-0.3, -0.25) is 4.79 Å². The highest BCUT2D eigenvalue weighted by Crippen LogP contribution is 2.47. The van der Waals surface area contributed by atoms with E-state index in [9.17, 15) is 9.59 Å². The van der Waals surface area contributed by atoms with Gasteiger partial charge in [0.25, 0.3) is 0 Å². The number of halogens is 1. The van der Waals surface area contributed by atoms with Crippen LogP contribution < -0.4 is 10.6 Å². The van der Waals surface area contributed by atoms with Crippen molar-refractivity contribution >= 4 is 33.6 Å². The zero-order valence-electron chi connectivity index (χ0n) is 13.2. The van der Waals surface area contributed by atoms with Crippen LogP contribution in [0.4, 0.5) is 10.5 Å². The molecule has 1 aliphatic heterocycles. The predicted molar refractivity (Wildman–Crippen MR) is 88.6 cm³/mol. The summed E-state index contributed by atoms with van der Waals surface area (Å²) >= 11 is 3.42. The molecule has 2 atom stereocenters. The molecule has 120 valence electrons. The van der Waals surface area contributed by atoms with Crippen LogP contribution in [0.5, 0.6) is 0 Å². The molecule has 6 heteroatoms. The lowest BCUT2D eigenvalue weighted by molar-refractivity contribution is -0.118. The Bertz CT molecular complexity index is 617. The second kappa shape index (κ2) is 5.91. The van der Waals surface area contributed by atoms with Crippen LogP contribution in [0.2, 0.25) is 0 Å². The summed E-state index contributed by atoms with van der Waals surface area (Å²) in [5.41, 5.74) is 6.33. The molecule has 0 radical (unpaired) electrons. The van der Waals surface area contributed by atoms with Crippen molar-refractivity contribution in [1.82, 2.24) is 0 Å². The van der Waals surface area contributed by atoms with Gasteiger partial charge in [0.2, 0.25) is 5.91 Å². The number of nitrogens with zero attached hydrogens (tertiary/aromatic N) is 1. The Balaban J connectivity index is 2.64. The summed E-state index contributed by atoms with van der Waals surface area (Å²) in [6.07, 6.45) is -0.761. The topological polar surface area (TPSA) is 72.6 Å². The van der Waals surface area contributed by atoms with Crippen LogP contribution in [0, 0.1) is 5.92 Å². The maximum Gasteiger partial charge on any atom is 0.405 e. The summed E-state index contributed by atoms with van der Waals surface area (Å²) in [7, 11) is 0. The zero-order valence-corrected chi connectivity index (χ0v) is 14.8. The summed E-state index contributed by atoms with van der Waals surface area (Å²) in [5, 5.41) is 0. The number of ether oxygens (including phenoxy) is 1. The fourth-order valence-electron chi connectivity index (χ4n) is 3.11. The summed E-state index contributed by atoms with van der Waals surface area (Å²) in [6.45, 7) is 7.69. The number of anilines is 1. The molecule has 0 aromatic heterocycles. The number of hydrogen-bond acceptors (Lipinski definition) is 3. The van der Waals surface area contributed by atoms with Crippen molar-refractivity contribution in [3.8, 4) is 0 Å². The average molecular weight is 369 g/mol. The van der Waals surface area contributed by atoms with Crippen LogP contribution in [-0.4, -0.2) is 17.5 Å². The first-order valence-electron chi connectivity index (χ1n) is 7.23. The zero-order chi connectivity index (χ0) is 16.7. The van der Waals surface area contributed by atoms with Gasteiger partial charge in [-0.05, 0) is 31.0 Å². The molecule has 22 heavy (non-hydrogen) atoms. The highest BCUT2D eigenvalue weighted by Gasteiger charge is 2.46. The Labute approximate surface area is 138 Å². The molecule has 0 fully saturated rings. The van der Waals surface area contributed by atoms with Gasteiger partial charge < -0.3 is 15.4 Å². The van der Waals surface area contributed by atoms with E-state index in [1.54, 1.807) is 11.8 Å². The number of primary amides is 1. The van der Waals surface area contributed by atoms with Crippen molar-refractivity contribution in [2.75, 3.05) is 4.90 Å². The van der Waals surface area contributed by atoms with E-state index in [0.29, 0.717) is 6.42 Å². The van der Waals surface area contributed by atoms with Crippen LogP contribution in [0.25, 0.3) is 0 Å². The second-order valence-electron chi connectivity index (χ2n) is 6.20. The average Bonchev–Trinajstić information content (AvgIpc) is 2.38. The van der Waals surface area contributed by atoms with Crippen molar-refractivity contribution < 1.29 is 14.3 Å². The van der Waals surface area contributed by atoms with Crippen LogP contribution >= 0.6 is 15.9 Å². The Hall–Kier alpha value is -1.56. The first-order valence-corrected chi connectivity index (χ1v) is 8.02. The van der Waals surface area contributed by atoms with E-state index in [4.69, 9.17) is 10.5 Å². The number of benzene rings is 1. The van der Waals surface area contributed by atoms with Crippen LogP contribution in [0.3, 0.4) is 0 Å². The van der Waals surface area contributed by atoms with Crippen molar-refractivity contribution in [1.29, 1.82) is 0 Å². The fourth-order valence-corrected chi connectivity index (χ4v) is 3.49. The molecule has 5 nitrogen and oxygen atoms in total. The van der Waals surface area contributed by atoms with Crippen LogP contribution in [0.1, 0.15) is 45.8 Å². The van der Waals surface area contributed by atoms with Gasteiger partial charge in [0.15, 0.2) is 0 Å². The van der Waals surface area contributed by atoms with E-state index in [1.165, 1.54) is 0 Å². The van der Waals surface area contributed by atoms with Gasteiger partial charge in [-0.15, -0.1) is 0 Å². The van der Waals surface area contributed by atoms with E-state index < -0.39 is 17.7 Å². The SMILES string of the molecule is CC(=O)N1c2ccc(Br)cc2[C@H](OC(N)=O)C[C@@]1(C)C(C)C. The molecule has 0 saturated carbocycles. The highest BCUT2D eigenvalue weighted by atomic mass is 79.9. The molecule has 0 unspecified atom stereocenters. The summed E-state index contributed by atoms with van der Waals surface area (Å²) in [4.78, 5) is 25.3. The Morgan fingerprint density at radius 1 is 1.45 bits per heavy atom. The maximum absolute atomic E-state index is 12.3. The Morgan fingerprint density at radius 3 is 2.59 bits per heavy atom. The highest BCUT2D eigenvalue weighted by molar-refractivity contribution is 9.10. The molecule has 0 bridgehead atoms. The molecule has 1 heterocycles. The number of fused-ring (bicyclic) bond motifs is 1. The molecule has 1 aliphatic rings. The van der Waals surface area contributed by atoms with Gasteiger partial charge in [0.05, 0.1) is 11.2 Å². The molecular formula is C16H21BrN2O3. The van der Waals surface area contributed by atoms with Gasteiger partial charge in [-0.25, -0.2) is 4.79 Å². The number of carbonyl (C=O) groups is 2. The van der Waals surface area contributed by atoms with Gasteiger partial charge in [0.1, 0.15) is 6.10 Å². The van der Waals surface area contributed by atoms with E-state index in [1.807, 2.05) is 25.1 Å². The minimum absolute atomic E-state index is 0.0303.